The molecule has 0 aliphatic heterocycles. The van der Waals surface area contributed by atoms with Crippen LogP contribution in [0.1, 0.15) is 43.4 Å². The van der Waals surface area contributed by atoms with Gasteiger partial charge in [0.15, 0.2) is 5.69 Å². The van der Waals surface area contributed by atoms with Crippen LogP contribution in [0.2, 0.25) is 0 Å². The van der Waals surface area contributed by atoms with Gasteiger partial charge in [-0.15, -0.1) is 0 Å². The summed E-state index contributed by atoms with van der Waals surface area (Å²) >= 11 is 0. The molecule has 0 spiro atoms. The molecule has 3 rings (SSSR count). The molecule has 2 aromatic heterocycles. The minimum atomic E-state index is -4.52. The second-order valence-corrected chi connectivity index (χ2v) is 6.73. The summed E-state index contributed by atoms with van der Waals surface area (Å²) in [6, 6.07) is 4.29. The molecule has 1 fully saturated rings. The van der Waals surface area contributed by atoms with Crippen LogP contribution in [0.15, 0.2) is 18.2 Å². The SMILES string of the molecule is Cc1cc(OCC2CCCCC2)nc(Oc2cc(C(F)(F)F)nn2C)c1. The average molecular weight is 369 g/mol. The molecule has 1 aliphatic carbocycles. The maximum Gasteiger partial charge on any atom is 0.435 e. The summed E-state index contributed by atoms with van der Waals surface area (Å²) in [5, 5.41) is 3.43. The predicted octanol–water partition coefficient (Wildman–Crippen LogP) is 4.89. The first-order valence-corrected chi connectivity index (χ1v) is 8.72. The van der Waals surface area contributed by atoms with E-state index >= 15 is 0 Å². The van der Waals surface area contributed by atoms with E-state index in [1.165, 1.54) is 26.3 Å². The molecule has 0 N–H and O–H groups in total. The third-order valence-electron chi connectivity index (χ3n) is 4.45. The summed E-state index contributed by atoms with van der Waals surface area (Å²) in [6.07, 6.45) is 1.53. The number of ether oxygens (including phenoxy) is 2. The van der Waals surface area contributed by atoms with Gasteiger partial charge in [-0.05, 0) is 31.2 Å². The summed E-state index contributed by atoms with van der Waals surface area (Å²) in [6.45, 7) is 2.45. The van der Waals surface area contributed by atoms with E-state index in [0.717, 1.165) is 29.2 Å². The molecule has 0 unspecified atom stereocenters. The van der Waals surface area contributed by atoms with Crippen molar-refractivity contribution in [3.8, 4) is 17.6 Å². The Bertz CT molecular complexity index is 753. The highest BCUT2D eigenvalue weighted by atomic mass is 19.4. The van der Waals surface area contributed by atoms with Crippen molar-refractivity contribution in [3.05, 3.63) is 29.5 Å². The highest BCUT2D eigenvalue weighted by Gasteiger charge is 2.35. The van der Waals surface area contributed by atoms with E-state index < -0.39 is 11.9 Å². The van der Waals surface area contributed by atoms with E-state index in [4.69, 9.17) is 9.47 Å². The number of halogens is 3. The van der Waals surface area contributed by atoms with Crippen LogP contribution < -0.4 is 9.47 Å². The standard InChI is InChI=1S/C18H22F3N3O2/c1-12-8-15(25-11-13-6-4-3-5-7-13)22-16(9-12)26-17-10-14(18(19,20)21)23-24(17)2/h8-10,13H,3-7,11H2,1-2H3. The minimum absolute atomic E-state index is 0.0337. The number of rotatable bonds is 5. The van der Waals surface area contributed by atoms with Gasteiger partial charge in [0.05, 0.1) is 6.61 Å². The molecule has 0 radical (unpaired) electrons. The van der Waals surface area contributed by atoms with Crippen LogP contribution in [0, 0.1) is 12.8 Å². The van der Waals surface area contributed by atoms with Crippen molar-refractivity contribution in [1.82, 2.24) is 14.8 Å². The van der Waals surface area contributed by atoms with Crippen LogP contribution in [0.25, 0.3) is 0 Å². The number of hydrogen-bond donors (Lipinski definition) is 0. The largest absolute Gasteiger partial charge is 0.477 e. The molecular formula is C18H22F3N3O2. The van der Waals surface area contributed by atoms with Gasteiger partial charge >= 0.3 is 6.18 Å². The van der Waals surface area contributed by atoms with Crippen LogP contribution in [0.5, 0.6) is 17.6 Å². The molecule has 0 bridgehead atoms. The fourth-order valence-corrected chi connectivity index (χ4v) is 3.08. The van der Waals surface area contributed by atoms with Gasteiger partial charge in [0, 0.05) is 25.2 Å². The van der Waals surface area contributed by atoms with Gasteiger partial charge in [-0.3, -0.25) is 0 Å². The predicted molar refractivity (Wildman–Crippen MR) is 89.3 cm³/mol. The zero-order valence-corrected chi connectivity index (χ0v) is 14.8. The van der Waals surface area contributed by atoms with Crippen molar-refractivity contribution in [2.45, 2.75) is 45.2 Å². The van der Waals surface area contributed by atoms with E-state index in [2.05, 4.69) is 10.1 Å². The van der Waals surface area contributed by atoms with Gasteiger partial charge in [-0.2, -0.15) is 23.3 Å². The van der Waals surface area contributed by atoms with Gasteiger partial charge < -0.3 is 9.47 Å². The fraction of sp³-hybridized carbons (Fsp3) is 0.556. The van der Waals surface area contributed by atoms with E-state index in [9.17, 15) is 13.2 Å². The molecule has 5 nitrogen and oxygen atoms in total. The second kappa shape index (κ2) is 7.55. The number of alkyl halides is 3. The van der Waals surface area contributed by atoms with Gasteiger partial charge in [-0.25, -0.2) is 4.68 Å². The Balaban J connectivity index is 1.70. The number of aromatic nitrogens is 3. The molecule has 1 aliphatic rings. The summed E-state index contributed by atoms with van der Waals surface area (Å²) in [5.41, 5.74) is -0.150. The van der Waals surface area contributed by atoms with E-state index in [0.29, 0.717) is 18.4 Å². The lowest BCUT2D eigenvalue weighted by atomic mass is 9.90. The Labute approximate surface area is 150 Å². The van der Waals surface area contributed by atoms with Gasteiger partial charge in [0.1, 0.15) is 0 Å². The molecule has 2 aromatic rings. The van der Waals surface area contributed by atoms with E-state index in [1.54, 1.807) is 12.1 Å². The summed E-state index contributed by atoms with van der Waals surface area (Å²) < 4.78 is 50.6. The van der Waals surface area contributed by atoms with Gasteiger partial charge in [-0.1, -0.05) is 19.3 Å². The maximum absolute atomic E-state index is 12.8. The van der Waals surface area contributed by atoms with Gasteiger partial charge in [0.2, 0.25) is 17.6 Å². The third kappa shape index (κ3) is 4.68. The molecule has 0 atom stereocenters. The highest BCUT2D eigenvalue weighted by molar-refractivity contribution is 5.30. The zero-order chi connectivity index (χ0) is 18.7. The Morgan fingerprint density at radius 2 is 1.81 bits per heavy atom. The van der Waals surface area contributed by atoms with E-state index in [-0.39, 0.29) is 11.8 Å². The monoisotopic (exact) mass is 369 g/mol. The Hall–Kier alpha value is -2.25. The lowest BCUT2D eigenvalue weighted by Crippen LogP contribution is -2.15. The van der Waals surface area contributed by atoms with Crippen LogP contribution in [0.4, 0.5) is 13.2 Å². The molecule has 0 aromatic carbocycles. The second-order valence-electron chi connectivity index (χ2n) is 6.73. The molecule has 2 heterocycles. The normalized spacial score (nSPS) is 15.9. The number of pyridine rings is 1. The summed E-state index contributed by atoms with van der Waals surface area (Å²) in [7, 11) is 1.39. The van der Waals surface area contributed by atoms with E-state index in [1.807, 2.05) is 6.92 Å². The molecule has 26 heavy (non-hydrogen) atoms. The molecule has 8 heteroatoms. The van der Waals surface area contributed by atoms with Crippen molar-refractivity contribution in [2.75, 3.05) is 6.61 Å². The Kier molecular flexibility index (Phi) is 5.38. The van der Waals surface area contributed by atoms with Crippen LogP contribution in [0.3, 0.4) is 0 Å². The van der Waals surface area contributed by atoms with Gasteiger partial charge in [0.25, 0.3) is 0 Å². The molecule has 142 valence electrons. The number of hydrogen-bond acceptors (Lipinski definition) is 4. The molecule has 0 amide bonds. The first-order chi connectivity index (χ1) is 12.3. The Morgan fingerprint density at radius 1 is 1.12 bits per heavy atom. The fourth-order valence-electron chi connectivity index (χ4n) is 3.08. The first-order valence-electron chi connectivity index (χ1n) is 8.72. The number of nitrogens with zero attached hydrogens (tertiary/aromatic N) is 3. The lowest BCUT2D eigenvalue weighted by molar-refractivity contribution is -0.141. The molecule has 1 saturated carbocycles. The quantitative estimate of drug-likeness (QED) is 0.753. The topological polar surface area (TPSA) is 49.2 Å². The van der Waals surface area contributed by atoms with Crippen LogP contribution in [-0.4, -0.2) is 21.4 Å². The van der Waals surface area contributed by atoms with Crippen LogP contribution >= 0.6 is 0 Å². The summed E-state index contributed by atoms with van der Waals surface area (Å²) in [5.74, 6) is 1.10. The first kappa shape index (κ1) is 18.5. The number of aryl methyl sites for hydroxylation is 2. The molecular weight excluding hydrogens is 347 g/mol. The smallest absolute Gasteiger partial charge is 0.435 e. The third-order valence-corrected chi connectivity index (χ3v) is 4.45. The minimum Gasteiger partial charge on any atom is -0.477 e. The Morgan fingerprint density at radius 3 is 2.46 bits per heavy atom. The highest BCUT2D eigenvalue weighted by Crippen LogP contribution is 2.32. The zero-order valence-electron chi connectivity index (χ0n) is 14.8. The summed E-state index contributed by atoms with van der Waals surface area (Å²) in [4.78, 5) is 4.26. The lowest BCUT2D eigenvalue weighted by Gasteiger charge is -2.21. The van der Waals surface area contributed by atoms with Crippen molar-refractivity contribution in [3.63, 3.8) is 0 Å². The van der Waals surface area contributed by atoms with Crippen molar-refractivity contribution < 1.29 is 22.6 Å². The molecule has 0 saturated heterocycles. The van der Waals surface area contributed by atoms with Crippen molar-refractivity contribution in [2.24, 2.45) is 13.0 Å². The van der Waals surface area contributed by atoms with Crippen molar-refractivity contribution in [1.29, 1.82) is 0 Å². The average Bonchev–Trinajstić information content (AvgIpc) is 2.95. The maximum atomic E-state index is 12.8. The van der Waals surface area contributed by atoms with Crippen LogP contribution in [-0.2, 0) is 13.2 Å². The van der Waals surface area contributed by atoms with Crippen molar-refractivity contribution >= 4 is 0 Å².